The predicted octanol–water partition coefficient (Wildman–Crippen LogP) is 2.63. The van der Waals surface area contributed by atoms with Gasteiger partial charge in [-0.3, -0.25) is 5.10 Å². The first-order valence-electron chi connectivity index (χ1n) is 6.87. The number of aryl methyl sites for hydroxylation is 1. The third-order valence-electron chi connectivity index (χ3n) is 4.04. The zero-order chi connectivity index (χ0) is 13.2. The standard InChI is InChI=1S/C13H24N4S/c1-4-5-11-14-15-12(18)17(11)10-13(2)6-8-16(3)9-7-13/h4-10H2,1-3H3,(H,15,18). The maximum Gasteiger partial charge on any atom is 0.195 e. The van der Waals surface area contributed by atoms with Crippen LogP contribution in [0.4, 0.5) is 0 Å². The largest absolute Gasteiger partial charge is 0.306 e. The van der Waals surface area contributed by atoms with Gasteiger partial charge in [-0.05, 0) is 57.0 Å². The van der Waals surface area contributed by atoms with Gasteiger partial charge >= 0.3 is 0 Å². The summed E-state index contributed by atoms with van der Waals surface area (Å²) in [5.74, 6) is 1.11. The first-order valence-corrected chi connectivity index (χ1v) is 7.27. The van der Waals surface area contributed by atoms with Crippen LogP contribution in [0.5, 0.6) is 0 Å². The Labute approximate surface area is 114 Å². The second-order valence-electron chi connectivity index (χ2n) is 5.90. The molecule has 0 aliphatic carbocycles. The number of hydrogen-bond acceptors (Lipinski definition) is 3. The number of H-pyrrole nitrogens is 1. The Morgan fingerprint density at radius 3 is 2.67 bits per heavy atom. The zero-order valence-electron chi connectivity index (χ0n) is 11.7. The topological polar surface area (TPSA) is 36.9 Å². The molecule has 1 aliphatic rings. The van der Waals surface area contributed by atoms with E-state index in [2.05, 4.69) is 40.6 Å². The third-order valence-corrected chi connectivity index (χ3v) is 4.36. The Bertz CT molecular complexity index is 440. The lowest BCUT2D eigenvalue weighted by molar-refractivity contribution is 0.119. The highest BCUT2D eigenvalue weighted by atomic mass is 32.1. The molecular formula is C13H24N4S. The van der Waals surface area contributed by atoms with Gasteiger partial charge < -0.3 is 9.47 Å². The van der Waals surface area contributed by atoms with Crippen molar-refractivity contribution in [2.24, 2.45) is 5.41 Å². The summed E-state index contributed by atoms with van der Waals surface area (Å²) in [7, 11) is 2.20. The van der Waals surface area contributed by atoms with E-state index < -0.39 is 0 Å². The van der Waals surface area contributed by atoms with E-state index in [-0.39, 0.29) is 0 Å². The Kier molecular flexibility index (Phi) is 4.22. The van der Waals surface area contributed by atoms with Gasteiger partial charge in [0.25, 0.3) is 0 Å². The van der Waals surface area contributed by atoms with E-state index in [9.17, 15) is 0 Å². The molecule has 1 N–H and O–H groups in total. The number of likely N-dealkylation sites (tertiary alicyclic amines) is 1. The molecule has 0 atom stereocenters. The summed E-state index contributed by atoms with van der Waals surface area (Å²) in [6, 6.07) is 0. The van der Waals surface area contributed by atoms with Crippen molar-refractivity contribution in [3.63, 3.8) is 0 Å². The molecule has 0 bridgehead atoms. The number of piperidine rings is 1. The Morgan fingerprint density at radius 1 is 1.39 bits per heavy atom. The van der Waals surface area contributed by atoms with Crippen molar-refractivity contribution in [3.05, 3.63) is 10.6 Å². The highest BCUT2D eigenvalue weighted by Gasteiger charge is 2.30. The molecule has 0 amide bonds. The molecule has 5 heteroatoms. The van der Waals surface area contributed by atoms with E-state index >= 15 is 0 Å². The Hall–Kier alpha value is -0.680. The van der Waals surface area contributed by atoms with Crippen molar-refractivity contribution in [1.29, 1.82) is 0 Å². The summed E-state index contributed by atoms with van der Waals surface area (Å²) >= 11 is 5.36. The molecule has 2 rings (SSSR count). The highest BCUT2D eigenvalue weighted by molar-refractivity contribution is 7.71. The summed E-state index contributed by atoms with van der Waals surface area (Å²) < 4.78 is 2.99. The molecule has 1 aromatic rings. The average Bonchev–Trinajstić information content (AvgIpc) is 2.67. The van der Waals surface area contributed by atoms with Gasteiger partial charge in [0.05, 0.1) is 0 Å². The number of hydrogen-bond donors (Lipinski definition) is 1. The third kappa shape index (κ3) is 3.01. The quantitative estimate of drug-likeness (QED) is 0.853. The zero-order valence-corrected chi connectivity index (χ0v) is 12.5. The second-order valence-corrected chi connectivity index (χ2v) is 6.28. The molecule has 0 saturated carbocycles. The van der Waals surface area contributed by atoms with Gasteiger partial charge in [0.2, 0.25) is 0 Å². The lowest BCUT2D eigenvalue weighted by Crippen LogP contribution is -2.38. The van der Waals surface area contributed by atoms with Crippen LogP contribution in [0, 0.1) is 10.2 Å². The Morgan fingerprint density at radius 2 is 2.06 bits per heavy atom. The Balaban J connectivity index is 2.13. The summed E-state index contributed by atoms with van der Waals surface area (Å²) in [5.41, 5.74) is 0.358. The number of nitrogens with zero attached hydrogens (tertiary/aromatic N) is 3. The van der Waals surface area contributed by atoms with Crippen molar-refractivity contribution in [2.45, 2.75) is 46.1 Å². The number of nitrogens with one attached hydrogen (secondary N) is 1. The monoisotopic (exact) mass is 268 g/mol. The van der Waals surface area contributed by atoms with Crippen molar-refractivity contribution in [2.75, 3.05) is 20.1 Å². The van der Waals surface area contributed by atoms with Gasteiger partial charge in [-0.25, -0.2) is 0 Å². The molecule has 1 aromatic heterocycles. The minimum atomic E-state index is 0.358. The number of aromatic nitrogens is 3. The maximum absolute atomic E-state index is 5.36. The molecule has 18 heavy (non-hydrogen) atoms. The van der Waals surface area contributed by atoms with E-state index in [0.29, 0.717) is 5.41 Å². The van der Waals surface area contributed by atoms with E-state index in [1.807, 2.05) is 0 Å². The molecular weight excluding hydrogens is 244 g/mol. The predicted molar refractivity (Wildman–Crippen MR) is 76.2 cm³/mol. The first-order chi connectivity index (χ1) is 8.54. The summed E-state index contributed by atoms with van der Waals surface area (Å²) in [5, 5.41) is 7.30. The summed E-state index contributed by atoms with van der Waals surface area (Å²) in [4.78, 5) is 2.41. The van der Waals surface area contributed by atoms with E-state index in [0.717, 1.165) is 30.0 Å². The van der Waals surface area contributed by atoms with Crippen molar-refractivity contribution < 1.29 is 0 Å². The number of rotatable bonds is 4. The van der Waals surface area contributed by atoms with Gasteiger partial charge in [-0.1, -0.05) is 13.8 Å². The highest BCUT2D eigenvalue weighted by Crippen LogP contribution is 2.32. The molecule has 0 radical (unpaired) electrons. The normalized spacial score (nSPS) is 20.2. The molecule has 0 spiro atoms. The van der Waals surface area contributed by atoms with Crippen LogP contribution in [0.1, 0.15) is 38.9 Å². The minimum Gasteiger partial charge on any atom is -0.306 e. The SMILES string of the molecule is CCCc1n[nH]c(=S)n1CC1(C)CCN(C)CC1. The maximum atomic E-state index is 5.36. The van der Waals surface area contributed by atoms with Gasteiger partial charge in [0.1, 0.15) is 5.82 Å². The van der Waals surface area contributed by atoms with E-state index in [4.69, 9.17) is 12.2 Å². The molecule has 0 unspecified atom stereocenters. The van der Waals surface area contributed by atoms with Gasteiger partial charge in [0.15, 0.2) is 4.77 Å². The van der Waals surface area contributed by atoms with Crippen LogP contribution in [-0.2, 0) is 13.0 Å². The van der Waals surface area contributed by atoms with Crippen LogP contribution in [0.15, 0.2) is 0 Å². The first kappa shape index (κ1) is 13.7. The molecule has 1 saturated heterocycles. The average molecular weight is 268 g/mol. The summed E-state index contributed by atoms with van der Waals surface area (Å²) in [6.07, 6.45) is 4.59. The fourth-order valence-corrected chi connectivity index (χ4v) is 2.84. The fraction of sp³-hybridized carbons (Fsp3) is 0.846. The summed E-state index contributed by atoms with van der Waals surface area (Å²) in [6.45, 7) is 7.94. The van der Waals surface area contributed by atoms with Crippen molar-refractivity contribution in [1.82, 2.24) is 19.7 Å². The van der Waals surface area contributed by atoms with Crippen molar-refractivity contribution >= 4 is 12.2 Å². The van der Waals surface area contributed by atoms with Gasteiger partial charge in [0, 0.05) is 13.0 Å². The van der Waals surface area contributed by atoms with E-state index in [1.165, 1.54) is 25.9 Å². The minimum absolute atomic E-state index is 0.358. The number of aromatic amines is 1. The van der Waals surface area contributed by atoms with Crippen LogP contribution in [0.3, 0.4) is 0 Å². The van der Waals surface area contributed by atoms with Crippen LogP contribution >= 0.6 is 12.2 Å². The van der Waals surface area contributed by atoms with E-state index in [1.54, 1.807) is 0 Å². The molecule has 1 aliphatic heterocycles. The lowest BCUT2D eigenvalue weighted by atomic mass is 9.80. The fourth-order valence-electron chi connectivity index (χ4n) is 2.63. The van der Waals surface area contributed by atoms with Gasteiger partial charge in [-0.15, -0.1) is 0 Å². The lowest BCUT2D eigenvalue weighted by Gasteiger charge is -2.38. The van der Waals surface area contributed by atoms with Crippen LogP contribution in [0.2, 0.25) is 0 Å². The van der Waals surface area contributed by atoms with Gasteiger partial charge in [-0.2, -0.15) is 5.10 Å². The van der Waals surface area contributed by atoms with Crippen LogP contribution < -0.4 is 0 Å². The van der Waals surface area contributed by atoms with Crippen LogP contribution in [0.25, 0.3) is 0 Å². The molecule has 4 nitrogen and oxygen atoms in total. The van der Waals surface area contributed by atoms with Crippen LogP contribution in [-0.4, -0.2) is 39.8 Å². The molecule has 1 fully saturated rings. The smallest absolute Gasteiger partial charge is 0.195 e. The second kappa shape index (κ2) is 5.53. The van der Waals surface area contributed by atoms with Crippen molar-refractivity contribution in [3.8, 4) is 0 Å². The molecule has 0 aromatic carbocycles. The molecule has 102 valence electrons. The molecule has 2 heterocycles.